The first-order chi connectivity index (χ1) is 9.24. The van der Waals surface area contributed by atoms with E-state index < -0.39 is 0 Å². The highest BCUT2D eigenvalue weighted by atomic mass is 32.1. The number of benzene rings is 2. The first-order valence-corrected chi connectivity index (χ1v) is 7.07. The van der Waals surface area contributed by atoms with Crippen molar-refractivity contribution in [3.63, 3.8) is 0 Å². The maximum Gasteiger partial charge on any atom is 0.146 e. The topological polar surface area (TPSA) is 12.0 Å². The van der Waals surface area contributed by atoms with Gasteiger partial charge >= 0.3 is 0 Å². The third kappa shape index (κ3) is 2.47. The van der Waals surface area contributed by atoms with Gasteiger partial charge < -0.3 is 5.32 Å². The minimum Gasteiger partial charge on any atom is -0.379 e. The van der Waals surface area contributed by atoms with Crippen LogP contribution in [0.25, 0.3) is 10.1 Å². The van der Waals surface area contributed by atoms with Gasteiger partial charge in [-0.05, 0) is 47.0 Å². The first-order valence-electron chi connectivity index (χ1n) is 6.19. The molecule has 3 rings (SSSR count). The second-order valence-electron chi connectivity index (χ2n) is 4.59. The molecule has 96 valence electrons. The maximum absolute atomic E-state index is 13.7. The number of hydrogen-bond donors (Lipinski definition) is 1. The molecule has 0 fully saturated rings. The van der Waals surface area contributed by atoms with Gasteiger partial charge in [-0.15, -0.1) is 11.3 Å². The maximum atomic E-state index is 13.7. The highest BCUT2D eigenvalue weighted by Crippen LogP contribution is 2.26. The summed E-state index contributed by atoms with van der Waals surface area (Å²) in [5, 5.41) is 6.55. The molecule has 1 nitrogen and oxygen atoms in total. The third-order valence-electron chi connectivity index (χ3n) is 3.15. The summed E-state index contributed by atoms with van der Waals surface area (Å²) in [6, 6.07) is 13.4. The summed E-state index contributed by atoms with van der Waals surface area (Å²) in [5.74, 6) is -0.204. The monoisotopic (exact) mass is 271 g/mol. The minimum absolute atomic E-state index is 0.204. The zero-order valence-electron chi connectivity index (χ0n) is 10.6. The number of anilines is 1. The van der Waals surface area contributed by atoms with E-state index in [0.717, 1.165) is 5.56 Å². The second kappa shape index (κ2) is 5.02. The Morgan fingerprint density at radius 3 is 2.89 bits per heavy atom. The van der Waals surface area contributed by atoms with E-state index in [0.29, 0.717) is 12.2 Å². The minimum atomic E-state index is -0.204. The standard InChI is InChI=1S/C16H14FNS/c1-11-6-7-14(17)15(8-11)18-9-12-10-19-16-5-3-2-4-13(12)16/h2-8,10,18H,9H2,1H3. The Bertz CT molecular complexity index is 718. The van der Waals surface area contributed by atoms with Crippen molar-refractivity contribution in [3.8, 4) is 0 Å². The van der Waals surface area contributed by atoms with Crippen LogP contribution in [-0.4, -0.2) is 0 Å². The van der Waals surface area contributed by atoms with E-state index >= 15 is 0 Å². The van der Waals surface area contributed by atoms with Crippen molar-refractivity contribution in [1.82, 2.24) is 0 Å². The Morgan fingerprint density at radius 1 is 1.16 bits per heavy atom. The largest absolute Gasteiger partial charge is 0.379 e. The molecule has 1 heterocycles. The van der Waals surface area contributed by atoms with Crippen LogP contribution in [0.5, 0.6) is 0 Å². The predicted octanol–water partition coefficient (Wildman–Crippen LogP) is 4.96. The molecule has 0 aliphatic rings. The summed E-state index contributed by atoms with van der Waals surface area (Å²) in [5.41, 5.74) is 2.83. The zero-order valence-corrected chi connectivity index (χ0v) is 11.4. The van der Waals surface area contributed by atoms with Gasteiger partial charge in [0.2, 0.25) is 0 Å². The zero-order chi connectivity index (χ0) is 13.2. The summed E-state index contributed by atoms with van der Waals surface area (Å²) in [7, 11) is 0. The highest BCUT2D eigenvalue weighted by Gasteiger charge is 2.05. The van der Waals surface area contributed by atoms with E-state index in [1.165, 1.54) is 21.7 Å². The molecule has 1 N–H and O–H groups in total. The summed E-state index contributed by atoms with van der Waals surface area (Å²) in [4.78, 5) is 0. The van der Waals surface area contributed by atoms with Gasteiger partial charge in [-0.2, -0.15) is 0 Å². The van der Waals surface area contributed by atoms with Crippen molar-refractivity contribution in [2.75, 3.05) is 5.32 Å². The molecule has 0 aliphatic carbocycles. The van der Waals surface area contributed by atoms with Crippen LogP contribution < -0.4 is 5.32 Å². The highest BCUT2D eigenvalue weighted by molar-refractivity contribution is 7.17. The predicted molar refractivity (Wildman–Crippen MR) is 80.3 cm³/mol. The quantitative estimate of drug-likeness (QED) is 0.710. The number of fused-ring (bicyclic) bond motifs is 1. The van der Waals surface area contributed by atoms with Crippen molar-refractivity contribution in [2.45, 2.75) is 13.5 Å². The summed E-state index contributed by atoms with van der Waals surface area (Å²) >= 11 is 1.72. The normalized spacial score (nSPS) is 10.8. The average Bonchev–Trinajstić information content (AvgIpc) is 2.83. The molecule has 0 spiro atoms. The molecular formula is C16H14FNS. The van der Waals surface area contributed by atoms with Crippen LogP contribution in [0.15, 0.2) is 47.8 Å². The summed E-state index contributed by atoms with van der Waals surface area (Å²) in [6.07, 6.45) is 0. The van der Waals surface area contributed by atoms with Gasteiger partial charge in [0, 0.05) is 11.2 Å². The van der Waals surface area contributed by atoms with Crippen molar-refractivity contribution >= 4 is 27.1 Å². The molecule has 0 radical (unpaired) electrons. The lowest BCUT2D eigenvalue weighted by atomic mass is 10.1. The molecule has 0 unspecified atom stereocenters. The average molecular weight is 271 g/mol. The smallest absolute Gasteiger partial charge is 0.146 e. The molecule has 0 aliphatic heterocycles. The molecule has 3 heteroatoms. The Morgan fingerprint density at radius 2 is 2.00 bits per heavy atom. The van der Waals surface area contributed by atoms with Crippen LogP contribution in [0.1, 0.15) is 11.1 Å². The van der Waals surface area contributed by atoms with E-state index in [4.69, 9.17) is 0 Å². The Balaban J connectivity index is 1.84. The van der Waals surface area contributed by atoms with Gasteiger partial charge in [0.25, 0.3) is 0 Å². The SMILES string of the molecule is Cc1ccc(F)c(NCc2csc3ccccc23)c1. The van der Waals surface area contributed by atoms with Crippen LogP contribution in [0.4, 0.5) is 10.1 Å². The molecule has 2 aromatic carbocycles. The van der Waals surface area contributed by atoms with E-state index in [-0.39, 0.29) is 5.82 Å². The number of hydrogen-bond acceptors (Lipinski definition) is 2. The van der Waals surface area contributed by atoms with Gasteiger partial charge in [-0.1, -0.05) is 24.3 Å². The molecule has 0 saturated carbocycles. The fraction of sp³-hybridized carbons (Fsp3) is 0.125. The Labute approximate surface area is 115 Å². The van der Waals surface area contributed by atoms with E-state index in [1.807, 2.05) is 25.1 Å². The van der Waals surface area contributed by atoms with Crippen LogP contribution >= 0.6 is 11.3 Å². The molecule has 0 bridgehead atoms. The van der Waals surface area contributed by atoms with Gasteiger partial charge in [-0.25, -0.2) is 4.39 Å². The van der Waals surface area contributed by atoms with Crippen LogP contribution in [0.2, 0.25) is 0 Å². The van der Waals surface area contributed by atoms with Gasteiger partial charge in [-0.3, -0.25) is 0 Å². The van der Waals surface area contributed by atoms with Crippen molar-refractivity contribution < 1.29 is 4.39 Å². The molecular weight excluding hydrogens is 257 g/mol. The lowest BCUT2D eigenvalue weighted by Gasteiger charge is -2.08. The van der Waals surface area contributed by atoms with Gasteiger partial charge in [0.05, 0.1) is 5.69 Å². The number of nitrogens with one attached hydrogen (secondary N) is 1. The van der Waals surface area contributed by atoms with E-state index in [1.54, 1.807) is 17.4 Å². The number of thiophene rings is 1. The fourth-order valence-electron chi connectivity index (χ4n) is 2.13. The molecule has 3 aromatic rings. The lowest BCUT2D eigenvalue weighted by Crippen LogP contribution is -2.01. The molecule has 0 amide bonds. The number of halogens is 1. The fourth-order valence-corrected chi connectivity index (χ4v) is 3.10. The summed E-state index contributed by atoms with van der Waals surface area (Å²) in [6.45, 7) is 2.61. The van der Waals surface area contributed by atoms with Crippen LogP contribution in [-0.2, 0) is 6.54 Å². The van der Waals surface area contributed by atoms with Gasteiger partial charge in [0.1, 0.15) is 5.82 Å². The lowest BCUT2D eigenvalue weighted by molar-refractivity contribution is 0.630. The molecule has 1 aromatic heterocycles. The molecule has 19 heavy (non-hydrogen) atoms. The Hall–Kier alpha value is -1.87. The number of aryl methyl sites for hydroxylation is 1. The Kier molecular flexibility index (Phi) is 3.22. The first kappa shape index (κ1) is 12.2. The van der Waals surface area contributed by atoms with Crippen molar-refractivity contribution in [3.05, 3.63) is 64.8 Å². The molecule has 0 atom stereocenters. The second-order valence-corrected chi connectivity index (χ2v) is 5.51. The van der Waals surface area contributed by atoms with Gasteiger partial charge in [0.15, 0.2) is 0 Å². The third-order valence-corrected chi connectivity index (χ3v) is 4.16. The van der Waals surface area contributed by atoms with E-state index in [9.17, 15) is 4.39 Å². The van der Waals surface area contributed by atoms with Crippen molar-refractivity contribution in [2.24, 2.45) is 0 Å². The summed E-state index contributed by atoms with van der Waals surface area (Å²) < 4.78 is 14.9. The molecule has 0 saturated heterocycles. The van der Waals surface area contributed by atoms with Crippen molar-refractivity contribution in [1.29, 1.82) is 0 Å². The van der Waals surface area contributed by atoms with E-state index in [2.05, 4.69) is 22.8 Å². The number of rotatable bonds is 3. The van der Waals surface area contributed by atoms with Crippen LogP contribution in [0, 0.1) is 12.7 Å². The van der Waals surface area contributed by atoms with Crippen LogP contribution in [0.3, 0.4) is 0 Å².